The Morgan fingerprint density at radius 1 is 0.645 bits per heavy atom. The number of benzene rings is 3. The summed E-state index contributed by atoms with van der Waals surface area (Å²) in [5, 5.41) is 0. The molecule has 4 nitrogen and oxygen atoms in total. The lowest BCUT2D eigenvalue weighted by molar-refractivity contribution is -0.197. The number of hydrogen-bond acceptors (Lipinski definition) is 4. The van der Waals surface area contributed by atoms with E-state index in [1.165, 1.54) is 0 Å². The summed E-state index contributed by atoms with van der Waals surface area (Å²) >= 11 is 0. The van der Waals surface area contributed by atoms with Crippen molar-refractivity contribution in [3.8, 4) is 0 Å². The third-order valence-electron chi connectivity index (χ3n) is 5.45. The fourth-order valence-electron chi connectivity index (χ4n) is 3.78. The molecule has 0 radical (unpaired) electrons. The molecule has 3 atom stereocenters. The van der Waals surface area contributed by atoms with Gasteiger partial charge >= 0.3 is 0 Å². The molecule has 3 aromatic carbocycles. The topological polar surface area (TPSA) is 36.9 Å². The average molecular weight is 419 g/mol. The molecule has 4 heteroatoms. The van der Waals surface area contributed by atoms with Crippen molar-refractivity contribution in [2.24, 2.45) is 0 Å². The normalized spacial score (nSPS) is 21.1. The van der Waals surface area contributed by atoms with E-state index in [1.54, 1.807) is 0 Å². The Balaban J connectivity index is 1.38. The molecule has 0 saturated carbocycles. The molecule has 1 fully saturated rings. The highest BCUT2D eigenvalue weighted by molar-refractivity contribution is 5.15. The second kappa shape index (κ2) is 11.8. The molecule has 1 aliphatic rings. The summed E-state index contributed by atoms with van der Waals surface area (Å²) in [6, 6.07) is 30.7. The first-order valence-corrected chi connectivity index (χ1v) is 10.9. The maximum atomic E-state index is 6.36. The van der Waals surface area contributed by atoms with Gasteiger partial charge in [-0.05, 0) is 23.1 Å². The molecule has 0 unspecified atom stereocenters. The van der Waals surface area contributed by atoms with Gasteiger partial charge in [0.2, 0.25) is 0 Å². The average Bonchev–Trinajstić information content (AvgIpc) is 2.84. The Bertz CT molecular complexity index is 870. The lowest BCUT2D eigenvalue weighted by Gasteiger charge is -2.37. The lowest BCUT2D eigenvalue weighted by Crippen LogP contribution is -2.49. The van der Waals surface area contributed by atoms with Gasteiger partial charge in [-0.2, -0.15) is 0 Å². The van der Waals surface area contributed by atoms with E-state index in [2.05, 4.69) is 36.4 Å². The molecule has 0 aliphatic carbocycles. The second-order valence-corrected chi connectivity index (χ2v) is 7.79. The van der Waals surface area contributed by atoms with Crippen LogP contribution in [-0.2, 0) is 38.8 Å². The zero-order valence-electron chi connectivity index (χ0n) is 17.8. The van der Waals surface area contributed by atoms with Gasteiger partial charge in [-0.15, -0.1) is 0 Å². The van der Waals surface area contributed by atoms with Gasteiger partial charge in [0.25, 0.3) is 0 Å². The van der Waals surface area contributed by atoms with Crippen molar-refractivity contribution >= 4 is 0 Å². The molecule has 4 rings (SSSR count). The number of hydrogen-bond donors (Lipinski definition) is 0. The minimum atomic E-state index is -0.187. The predicted octanol–water partition coefficient (Wildman–Crippen LogP) is 5.16. The van der Waals surface area contributed by atoms with Gasteiger partial charge in [0.05, 0.1) is 32.5 Å². The van der Waals surface area contributed by atoms with Crippen LogP contribution < -0.4 is 0 Å². The van der Waals surface area contributed by atoms with Crippen LogP contribution in [0.5, 0.6) is 0 Å². The molecular formula is C27H30O4. The maximum Gasteiger partial charge on any atom is 0.113 e. The van der Waals surface area contributed by atoms with Crippen molar-refractivity contribution in [2.75, 3.05) is 13.2 Å². The van der Waals surface area contributed by atoms with Crippen LogP contribution in [0, 0.1) is 0 Å². The van der Waals surface area contributed by atoms with E-state index in [9.17, 15) is 0 Å². The SMILES string of the molecule is c1ccc(COC[C@@H]2OCC[C@@H](OCc3ccccc3)[C@H]2OCc2ccccc2)cc1. The van der Waals surface area contributed by atoms with Crippen LogP contribution in [0.2, 0.25) is 0 Å². The molecule has 0 spiro atoms. The largest absolute Gasteiger partial charge is 0.374 e. The first-order chi connectivity index (χ1) is 15.4. The van der Waals surface area contributed by atoms with Crippen LogP contribution >= 0.6 is 0 Å². The Labute approximate surface area is 184 Å². The molecule has 0 amide bonds. The quantitative estimate of drug-likeness (QED) is 0.456. The summed E-state index contributed by atoms with van der Waals surface area (Å²) < 4.78 is 24.7. The van der Waals surface area contributed by atoms with Crippen LogP contribution in [0.1, 0.15) is 23.1 Å². The van der Waals surface area contributed by atoms with Crippen LogP contribution in [-0.4, -0.2) is 31.5 Å². The summed E-state index contributed by atoms with van der Waals surface area (Å²) in [5.74, 6) is 0. The highest BCUT2D eigenvalue weighted by atomic mass is 16.6. The molecule has 0 aromatic heterocycles. The maximum absolute atomic E-state index is 6.36. The molecule has 1 aliphatic heterocycles. The molecule has 1 saturated heterocycles. The van der Waals surface area contributed by atoms with E-state index >= 15 is 0 Å². The Hall–Kier alpha value is -2.50. The van der Waals surface area contributed by atoms with Gasteiger partial charge < -0.3 is 18.9 Å². The third kappa shape index (κ3) is 6.74. The molecule has 31 heavy (non-hydrogen) atoms. The van der Waals surface area contributed by atoms with Gasteiger partial charge in [0.1, 0.15) is 12.2 Å². The molecule has 1 heterocycles. The first-order valence-electron chi connectivity index (χ1n) is 10.9. The van der Waals surface area contributed by atoms with Gasteiger partial charge in [0.15, 0.2) is 0 Å². The van der Waals surface area contributed by atoms with Crippen molar-refractivity contribution in [2.45, 2.75) is 44.6 Å². The van der Waals surface area contributed by atoms with Crippen molar-refractivity contribution in [1.29, 1.82) is 0 Å². The van der Waals surface area contributed by atoms with E-state index in [0.29, 0.717) is 33.0 Å². The fourth-order valence-corrected chi connectivity index (χ4v) is 3.78. The van der Waals surface area contributed by atoms with Crippen molar-refractivity contribution in [3.63, 3.8) is 0 Å². The zero-order chi connectivity index (χ0) is 21.1. The molecular weight excluding hydrogens is 388 g/mol. The standard InChI is InChI=1S/C27H30O4/c1-4-10-22(11-5-1)18-28-21-26-27(31-20-24-14-8-3-9-15-24)25(16-17-29-26)30-19-23-12-6-2-7-13-23/h1-15,25-27H,16-21H2/t25-,26+,27-/m1/s1. The summed E-state index contributed by atoms with van der Waals surface area (Å²) in [6.07, 6.45) is 0.417. The highest BCUT2D eigenvalue weighted by Crippen LogP contribution is 2.24. The third-order valence-corrected chi connectivity index (χ3v) is 5.45. The van der Waals surface area contributed by atoms with E-state index in [0.717, 1.165) is 23.1 Å². The zero-order valence-corrected chi connectivity index (χ0v) is 17.8. The van der Waals surface area contributed by atoms with Crippen molar-refractivity contribution in [3.05, 3.63) is 108 Å². The van der Waals surface area contributed by atoms with E-state index in [1.807, 2.05) is 54.6 Å². The minimum absolute atomic E-state index is 0.0389. The monoisotopic (exact) mass is 418 g/mol. The van der Waals surface area contributed by atoms with E-state index in [4.69, 9.17) is 18.9 Å². The van der Waals surface area contributed by atoms with Crippen LogP contribution in [0.25, 0.3) is 0 Å². The highest BCUT2D eigenvalue weighted by Gasteiger charge is 2.36. The molecule has 3 aromatic rings. The van der Waals surface area contributed by atoms with Crippen molar-refractivity contribution < 1.29 is 18.9 Å². The van der Waals surface area contributed by atoms with E-state index in [-0.39, 0.29) is 18.3 Å². The first kappa shape index (κ1) is 21.7. The Morgan fingerprint density at radius 2 is 1.16 bits per heavy atom. The summed E-state index contributed by atoms with van der Waals surface area (Å²) in [5.41, 5.74) is 3.45. The van der Waals surface area contributed by atoms with Gasteiger partial charge in [-0.25, -0.2) is 0 Å². The van der Waals surface area contributed by atoms with E-state index < -0.39 is 0 Å². The smallest absolute Gasteiger partial charge is 0.113 e. The number of ether oxygens (including phenoxy) is 4. The lowest BCUT2D eigenvalue weighted by atomic mass is 10.0. The fraction of sp³-hybridized carbons (Fsp3) is 0.333. The van der Waals surface area contributed by atoms with Crippen LogP contribution in [0.15, 0.2) is 91.0 Å². The Morgan fingerprint density at radius 3 is 1.74 bits per heavy atom. The predicted molar refractivity (Wildman–Crippen MR) is 120 cm³/mol. The van der Waals surface area contributed by atoms with Crippen LogP contribution in [0.3, 0.4) is 0 Å². The summed E-state index contributed by atoms with van der Waals surface area (Å²) in [4.78, 5) is 0. The minimum Gasteiger partial charge on any atom is -0.374 e. The van der Waals surface area contributed by atoms with Gasteiger partial charge in [-0.3, -0.25) is 0 Å². The second-order valence-electron chi connectivity index (χ2n) is 7.79. The summed E-state index contributed by atoms with van der Waals surface area (Å²) in [7, 11) is 0. The Kier molecular flexibility index (Phi) is 8.25. The van der Waals surface area contributed by atoms with Gasteiger partial charge in [0, 0.05) is 6.61 Å². The number of rotatable bonds is 10. The van der Waals surface area contributed by atoms with Crippen LogP contribution in [0.4, 0.5) is 0 Å². The molecule has 162 valence electrons. The van der Waals surface area contributed by atoms with Crippen molar-refractivity contribution in [1.82, 2.24) is 0 Å². The molecule has 0 N–H and O–H groups in total. The molecule has 0 bridgehead atoms. The summed E-state index contributed by atoms with van der Waals surface area (Å²) in [6.45, 7) is 2.76. The van der Waals surface area contributed by atoms with Gasteiger partial charge in [-0.1, -0.05) is 91.0 Å².